The molecule has 12 heavy (non-hydrogen) atoms. The molecule has 0 bridgehead atoms. The van der Waals surface area contributed by atoms with E-state index in [4.69, 9.17) is 8.27 Å². The summed E-state index contributed by atoms with van der Waals surface area (Å²) in [6, 6.07) is 0. The lowest BCUT2D eigenvalue weighted by molar-refractivity contribution is -0.139. The first-order valence-corrected chi connectivity index (χ1v) is 3.61. The molecule has 0 saturated carbocycles. The molecule has 0 aromatic carbocycles. The number of hydrogen-bond donors (Lipinski definition) is 1. The summed E-state index contributed by atoms with van der Waals surface area (Å²) in [5.41, 5.74) is -1.28. The van der Waals surface area contributed by atoms with E-state index in [1.807, 2.05) is 0 Å². The van der Waals surface area contributed by atoms with Crippen LogP contribution in [0.4, 0.5) is 0 Å². The Morgan fingerprint density at radius 2 is 2.25 bits per heavy atom. The van der Waals surface area contributed by atoms with Gasteiger partial charge in [-0.05, 0) is 11.8 Å². The van der Waals surface area contributed by atoms with Crippen molar-refractivity contribution in [2.24, 2.45) is 11.3 Å². The number of hydrogen-bond acceptors (Lipinski definition) is 2. The molecule has 0 aliphatic carbocycles. The van der Waals surface area contributed by atoms with Gasteiger partial charge >= 0.3 is 0 Å². The fourth-order valence-corrected chi connectivity index (χ4v) is 0.854. The van der Waals surface area contributed by atoms with Gasteiger partial charge in [0.25, 0.3) is 0 Å². The monoisotopic (exact) mass is 175 g/mol. The fourth-order valence-electron chi connectivity index (χ4n) is 0.854. The van der Waals surface area contributed by atoms with Crippen LogP contribution in [0.25, 0.3) is 0 Å². The normalized spacial score (nSPS) is 48.1. The SMILES string of the molecule is [2H]N1C(=O)C([2H])([2H])C([2H])([2H])C([2H])(C(C)(C)C)C1=O. The Morgan fingerprint density at radius 3 is 2.75 bits per heavy atom. The number of piperidine rings is 1. The number of amides is 2. The number of carbonyl (C=O) groups excluding carboxylic acids is 2. The van der Waals surface area contributed by atoms with Gasteiger partial charge in [-0.1, -0.05) is 20.8 Å². The minimum absolute atomic E-state index is 0.237. The van der Waals surface area contributed by atoms with E-state index >= 15 is 0 Å². The van der Waals surface area contributed by atoms with Gasteiger partial charge in [0.15, 0.2) is 1.41 Å². The van der Waals surface area contributed by atoms with Crippen LogP contribution < -0.4 is 5.31 Å². The molecule has 2 amide bonds. The van der Waals surface area contributed by atoms with Gasteiger partial charge in [-0.15, -0.1) is 0 Å². The Kier molecular flexibility index (Phi) is 0.937. The average molecular weight is 175 g/mol. The highest BCUT2D eigenvalue weighted by atomic mass is 16.2. The second kappa shape index (κ2) is 2.88. The summed E-state index contributed by atoms with van der Waals surface area (Å²) in [5, 5.41) is -0.237. The van der Waals surface area contributed by atoms with Crippen LogP contribution >= 0.6 is 0 Å². The zero-order valence-corrected chi connectivity index (χ0v) is 7.26. The van der Waals surface area contributed by atoms with Crippen molar-refractivity contribution in [3.63, 3.8) is 0 Å². The third kappa shape index (κ3) is 1.84. The highest BCUT2D eigenvalue weighted by Gasteiger charge is 2.35. The van der Waals surface area contributed by atoms with Crippen LogP contribution in [-0.2, 0) is 9.59 Å². The summed E-state index contributed by atoms with van der Waals surface area (Å²) in [5.74, 6) is -5.48. The lowest BCUT2D eigenvalue weighted by Crippen LogP contribution is -2.45. The van der Waals surface area contributed by atoms with Gasteiger partial charge < -0.3 is 0 Å². The molecule has 0 spiro atoms. The van der Waals surface area contributed by atoms with Crippen molar-refractivity contribution in [1.82, 2.24) is 5.31 Å². The Morgan fingerprint density at radius 1 is 1.67 bits per heavy atom. The van der Waals surface area contributed by atoms with E-state index in [1.54, 1.807) is 0 Å². The van der Waals surface area contributed by atoms with Gasteiger partial charge in [0.1, 0.15) is 0 Å². The van der Waals surface area contributed by atoms with Crippen LogP contribution in [0, 0.1) is 11.3 Å². The van der Waals surface area contributed by atoms with E-state index in [1.165, 1.54) is 20.8 Å². The molecular formula is C9H15NO2. The summed E-state index contributed by atoms with van der Waals surface area (Å²) in [6.07, 6.45) is -6.12. The van der Waals surface area contributed by atoms with E-state index < -0.39 is 35.9 Å². The maximum Gasteiger partial charge on any atom is 0.230 e. The summed E-state index contributed by atoms with van der Waals surface area (Å²) in [7, 11) is 0. The van der Waals surface area contributed by atoms with Crippen LogP contribution in [-0.4, -0.2) is 11.8 Å². The summed E-state index contributed by atoms with van der Waals surface area (Å²) in [6.45, 7) is 4.19. The van der Waals surface area contributed by atoms with Crippen molar-refractivity contribution in [3.05, 3.63) is 0 Å². The highest BCUT2D eigenvalue weighted by molar-refractivity contribution is 5.98. The molecule has 1 aliphatic rings. The molecular weight excluding hydrogens is 154 g/mol. The average Bonchev–Trinajstić information content (AvgIpc) is 2.21. The Bertz CT molecular complexity index is 416. The molecule has 68 valence electrons. The van der Waals surface area contributed by atoms with E-state index in [9.17, 15) is 9.59 Å². The fraction of sp³-hybridized carbons (Fsp3) is 0.778. The van der Waals surface area contributed by atoms with E-state index in [2.05, 4.69) is 0 Å². The third-order valence-corrected chi connectivity index (χ3v) is 1.46. The van der Waals surface area contributed by atoms with Crippen molar-refractivity contribution >= 4 is 11.8 Å². The van der Waals surface area contributed by atoms with Crippen LogP contribution in [0.5, 0.6) is 0 Å². The van der Waals surface area contributed by atoms with Gasteiger partial charge in [-0.3, -0.25) is 14.9 Å². The molecule has 1 unspecified atom stereocenters. The highest BCUT2D eigenvalue weighted by Crippen LogP contribution is 2.31. The van der Waals surface area contributed by atoms with Crippen molar-refractivity contribution in [3.8, 4) is 0 Å². The van der Waals surface area contributed by atoms with Gasteiger partial charge in [-0.25, -0.2) is 0 Å². The van der Waals surface area contributed by atoms with Crippen LogP contribution in [0.15, 0.2) is 0 Å². The molecule has 1 atom stereocenters. The Balaban J connectivity index is 3.61. The lowest BCUT2D eigenvalue weighted by Gasteiger charge is -2.31. The molecule has 0 aromatic heterocycles. The van der Waals surface area contributed by atoms with Crippen molar-refractivity contribution in [1.29, 1.82) is 0 Å². The second-order valence-electron chi connectivity index (χ2n) is 3.60. The molecule has 0 aromatic rings. The van der Waals surface area contributed by atoms with E-state index in [0.29, 0.717) is 0 Å². The van der Waals surface area contributed by atoms with Crippen molar-refractivity contribution < 1.29 is 17.9 Å². The maximum atomic E-state index is 11.9. The van der Waals surface area contributed by atoms with Gasteiger partial charge in [0.2, 0.25) is 11.8 Å². The first-order valence-electron chi connectivity index (χ1n) is 6.55. The Labute approximate surface area is 81.0 Å². The van der Waals surface area contributed by atoms with Gasteiger partial charge in [0, 0.05) is 19.1 Å². The van der Waals surface area contributed by atoms with Crippen LogP contribution in [0.3, 0.4) is 0 Å². The standard InChI is InChI=1S/C9H15NO2/c1-9(2,3)6-4-5-7(11)10-8(6)12/h6H,4-5H2,1-3H3,(H,10,11,12)/i4D2,5D2,6D/hD. The minimum atomic E-state index is -3.10. The quantitative estimate of drug-likeness (QED) is 0.560. The third-order valence-electron chi connectivity index (χ3n) is 1.46. The van der Waals surface area contributed by atoms with E-state index in [0.717, 1.165) is 0 Å². The zero-order valence-electron chi connectivity index (χ0n) is 13.3. The number of imide groups is 1. The van der Waals surface area contributed by atoms with Crippen molar-refractivity contribution in [2.45, 2.75) is 33.5 Å². The summed E-state index contributed by atoms with van der Waals surface area (Å²) >= 11 is 0. The number of carbonyl (C=O) groups is 2. The van der Waals surface area contributed by atoms with E-state index in [-0.39, 0.29) is 5.31 Å². The molecule has 1 heterocycles. The molecule has 1 rings (SSSR count). The van der Waals surface area contributed by atoms with Gasteiger partial charge in [0.05, 0.1) is 0 Å². The smallest absolute Gasteiger partial charge is 0.230 e. The van der Waals surface area contributed by atoms with Crippen LogP contribution in [0.2, 0.25) is 1.41 Å². The molecule has 3 nitrogen and oxygen atoms in total. The Hall–Kier alpha value is -0.860. The summed E-state index contributed by atoms with van der Waals surface area (Å²) < 4.78 is 45.8. The van der Waals surface area contributed by atoms with Gasteiger partial charge in [-0.2, -0.15) is 0 Å². The summed E-state index contributed by atoms with van der Waals surface area (Å²) in [4.78, 5) is 23.4. The first kappa shape index (κ1) is 3.90. The number of nitrogens with one attached hydrogen (secondary N) is 1. The predicted octanol–water partition coefficient (Wildman–Crippen LogP) is 1.09. The molecule has 1 N–H and O–H groups in total. The second-order valence-corrected chi connectivity index (χ2v) is 3.60. The topological polar surface area (TPSA) is 46.2 Å². The lowest BCUT2D eigenvalue weighted by atomic mass is 9.76. The molecule has 0 radical (unpaired) electrons. The first-order chi connectivity index (χ1) is 7.73. The largest absolute Gasteiger partial charge is 0.296 e. The van der Waals surface area contributed by atoms with Crippen molar-refractivity contribution in [2.75, 3.05) is 0 Å². The molecule has 1 saturated heterocycles. The molecule has 3 heteroatoms. The molecule has 1 aliphatic heterocycles. The minimum Gasteiger partial charge on any atom is -0.296 e. The molecule has 1 fully saturated rings. The zero-order chi connectivity index (χ0) is 14.7. The number of rotatable bonds is 0. The predicted molar refractivity (Wildman–Crippen MR) is 45.3 cm³/mol. The maximum absolute atomic E-state index is 11.9. The van der Waals surface area contributed by atoms with Crippen LogP contribution in [0.1, 0.15) is 40.4 Å².